The van der Waals surface area contributed by atoms with Crippen LogP contribution in [-0.2, 0) is 0 Å². The molecular formula is C15H16N2O2. The van der Waals surface area contributed by atoms with Crippen molar-refractivity contribution in [2.45, 2.75) is 20.8 Å². The molecule has 0 N–H and O–H groups in total. The van der Waals surface area contributed by atoms with E-state index >= 15 is 0 Å². The highest BCUT2D eigenvalue weighted by Gasteiger charge is 2.10. The fourth-order valence-electron chi connectivity index (χ4n) is 1.96. The van der Waals surface area contributed by atoms with Crippen molar-refractivity contribution >= 4 is 5.78 Å². The zero-order valence-electron chi connectivity index (χ0n) is 11.5. The van der Waals surface area contributed by atoms with Crippen molar-refractivity contribution in [1.29, 1.82) is 0 Å². The average molecular weight is 256 g/mol. The third kappa shape index (κ3) is 2.62. The Morgan fingerprint density at radius 1 is 1.21 bits per heavy atom. The molecule has 0 atom stereocenters. The van der Waals surface area contributed by atoms with E-state index in [2.05, 4.69) is 9.97 Å². The van der Waals surface area contributed by atoms with E-state index in [1.807, 2.05) is 26.0 Å². The van der Waals surface area contributed by atoms with Crippen molar-refractivity contribution in [3.05, 3.63) is 41.3 Å². The summed E-state index contributed by atoms with van der Waals surface area (Å²) in [4.78, 5) is 19.6. The van der Waals surface area contributed by atoms with Crippen LogP contribution in [0.1, 0.15) is 28.7 Å². The van der Waals surface area contributed by atoms with Crippen LogP contribution in [0.3, 0.4) is 0 Å². The van der Waals surface area contributed by atoms with Crippen LogP contribution in [0.15, 0.2) is 24.4 Å². The maximum Gasteiger partial charge on any atom is 0.196 e. The van der Waals surface area contributed by atoms with Gasteiger partial charge in [-0.05, 0) is 43.2 Å². The zero-order chi connectivity index (χ0) is 14.0. The van der Waals surface area contributed by atoms with Gasteiger partial charge in [-0.3, -0.25) is 4.79 Å². The van der Waals surface area contributed by atoms with Gasteiger partial charge in [0.2, 0.25) is 0 Å². The van der Waals surface area contributed by atoms with Crippen molar-refractivity contribution in [1.82, 2.24) is 9.97 Å². The Morgan fingerprint density at radius 3 is 2.58 bits per heavy atom. The lowest BCUT2D eigenvalue weighted by molar-refractivity contribution is 0.100. The molecule has 2 rings (SSSR count). The lowest BCUT2D eigenvalue weighted by atomic mass is 10.0. The van der Waals surface area contributed by atoms with Crippen LogP contribution in [0, 0.1) is 13.8 Å². The summed E-state index contributed by atoms with van der Waals surface area (Å²) in [5.74, 6) is 0.956. The van der Waals surface area contributed by atoms with Gasteiger partial charge in [0, 0.05) is 18.7 Å². The number of carbonyl (C=O) groups is 1. The molecule has 98 valence electrons. The Kier molecular flexibility index (Phi) is 3.60. The summed E-state index contributed by atoms with van der Waals surface area (Å²) < 4.78 is 5.29. The maximum atomic E-state index is 11.3. The number of Topliss-reactive ketones (excluding diaryl/α,β-unsaturated/α-hetero) is 1. The van der Waals surface area contributed by atoms with Crippen molar-refractivity contribution in [2.75, 3.05) is 7.11 Å². The molecule has 0 unspecified atom stereocenters. The maximum absolute atomic E-state index is 11.3. The van der Waals surface area contributed by atoms with Gasteiger partial charge in [0.15, 0.2) is 11.6 Å². The Bertz CT molecular complexity index is 636. The second-order valence-corrected chi connectivity index (χ2v) is 4.46. The van der Waals surface area contributed by atoms with Gasteiger partial charge in [-0.25, -0.2) is 9.97 Å². The lowest BCUT2D eigenvalue weighted by Gasteiger charge is -2.11. The minimum absolute atomic E-state index is 0.135. The second kappa shape index (κ2) is 5.18. The largest absolute Gasteiger partial charge is 0.496 e. The van der Waals surface area contributed by atoms with E-state index in [1.165, 1.54) is 6.92 Å². The SMILES string of the molecule is COc1cc(C)c(-c2ccnc(C(C)=O)n2)cc1C. The number of nitrogens with zero attached hydrogens (tertiary/aromatic N) is 2. The van der Waals surface area contributed by atoms with Gasteiger partial charge in [-0.1, -0.05) is 0 Å². The Labute approximate surface area is 112 Å². The molecule has 0 aliphatic heterocycles. The lowest BCUT2D eigenvalue weighted by Crippen LogP contribution is -2.02. The van der Waals surface area contributed by atoms with E-state index < -0.39 is 0 Å². The van der Waals surface area contributed by atoms with Crippen molar-refractivity contribution in [2.24, 2.45) is 0 Å². The Hall–Kier alpha value is -2.23. The highest BCUT2D eigenvalue weighted by molar-refractivity contribution is 5.90. The van der Waals surface area contributed by atoms with Crippen LogP contribution in [0.5, 0.6) is 5.75 Å². The standard InChI is InChI=1S/C15H16N2O2/c1-9-8-14(19-4)10(2)7-12(9)13-5-6-16-15(17-13)11(3)18/h5-8H,1-4H3. The molecule has 0 fully saturated rings. The number of ether oxygens (including phenoxy) is 1. The summed E-state index contributed by atoms with van der Waals surface area (Å²) in [7, 11) is 1.65. The molecule has 0 bridgehead atoms. The molecule has 2 aromatic rings. The predicted molar refractivity (Wildman–Crippen MR) is 73.5 cm³/mol. The van der Waals surface area contributed by atoms with Crippen LogP contribution in [0.25, 0.3) is 11.3 Å². The normalized spacial score (nSPS) is 10.3. The summed E-state index contributed by atoms with van der Waals surface area (Å²) in [6.45, 7) is 5.44. The highest BCUT2D eigenvalue weighted by Crippen LogP contribution is 2.28. The molecule has 0 radical (unpaired) electrons. The molecule has 0 aliphatic rings. The number of benzene rings is 1. The molecule has 0 aliphatic carbocycles. The van der Waals surface area contributed by atoms with Crippen LogP contribution >= 0.6 is 0 Å². The molecular weight excluding hydrogens is 240 g/mol. The first-order valence-electron chi connectivity index (χ1n) is 6.02. The van der Waals surface area contributed by atoms with Crippen LogP contribution in [-0.4, -0.2) is 22.9 Å². The number of aryl methyl sites for hydroxylation is 2. The first kappa shape index (κ1) is 13.2. The number of carbonyl (C=O) groups excluding carboxylic acids is 1. The van der Waals surface area contributed by atoms with Gasteiger partial charge in [0.05, 0.1) is 12.8 Å². The number of rotatable bonds is 3. The number of hydrogen-bond acceptors (Lipinski definition) is 4. The first-order chi connectivity index (χ1) is 9.02. The molecule has 0 amide bonds. The number of aromatic nitrogens is 2. The third-order valence-electron chi connectivity index (χ3n) is 2.99. The summed E-state index contributed by atoms with van der Waals surface area (Å²) in [5.41, 5.74) is 3.83. The summed E-state index contributed by atoms with van der Waals surface area (Å²) >= 11 is 0. The zero-order valence-corrected chi connectivity index (χ0v) is 11.5. The highest BCUT2D eigenvalue weighted by atomic mass is 16.5. The van der Waals surface area contributed by atoms with E-state index in [-0.39, 0.29) is 11.6 Å². The summed E-state index contributed by atoms with van der Waals surface area (Å²) in [6, 6.07) is 5.79. The first-order valence-corrected chi connectivity index (χ1v) is 6.02. The second-order valence-electron chi connectivity index (χ2n) is 4.46. The van der Waals surface area contributed by atoms with Gasteiger partial charge in [-0.15, -0.1) is 0 Å². The molecule has 1 aromatic heterocycles. The van der Waals surface area contributed by atoms with Crippen molar-refractivity contribution in [3.8, 4) is 17.0 Å². The van der Waals surface area contributed by atoms with E-state index in [4.69, 9.17) is 4.74 Å². The van der Waals surface area contributed by atoms with Gasteiger partial charge in [0.25, 0.3) is 0 Å². The number of hydrogen-bond donors (Lipinski definition) is 0. The minimum Gasteiger partial charge on any atom is -0.496 e. The van der Waals surface area contributed by atoms with E-state index in [0.29, 0.717) is 0 Å². The third-order valence-corrected chi connectivity index (χ3v) is 2.99. The molecule has 4 heteroatoms. The minimum atomic E-state index is -0.135. The van der Waals surface area contributed by atoms with Gasteiger partial charge < -0.3 is 4.74 Å². The number of methoxy groups -OCH3 is 1. The van der Waals surface area contributed by atoms with E-state index in [9.17, 15) is 4.79 Å². The Balaban J connectivity index is 2.56. The van der Waals surface area contributed by atoms with Crippen molar-refractivity contribution < 1.29 is 9.53 Å². The molecule has 4 nitrogen and oxygen atoms in total. The predicted octanol–water partition coefficient (Wildman–Crippen LogP) is 2.97. The quantitative estimate of drug-likeness (QED) is 0.792. The van der Waals surface area contributed by atoms with Crippen LogP contribution in [0.4, 0.5) is 0 Å². The van der Waals surface area contributed by atoms with Crippen LogP contribution in [0.2, 0.25) is 0 Å². The molecule has 1 heterocycles. The fourth-order valence-corrected chi connectivity index (χ4v) is 1.96. The van der Waals surface area contributed by atoms with Gasteiger partial charge in [0.1, 0.15) is 5.75 Å². The van der Waals surface area contributed by atoms with E-state index in [1.54, 1.807) is 19.4 Å². The summed E-state index contributed by atoms with van der Waals surface area (Å²) in [5, 5.41) is 0. The molecule has 19 heavy (non-hydrogen) atoms. The monoisotopic (exact) mass is 256 g/mol. The molecule has 0 saturated carbocycles. The molecule has 1 aromatic carbocycles. The van der Waals surface area contributed by atoms with Crippen LogP contribution < -0.4 is 4.74 Å². The average Bonchev–Trinajstić information content (AvgIpc) is 2.41. The van der Waals surface area contributed by atoms with Gasteiger partial charge >= 0.3 is 0 Å². The van der Waals surface area contributed by atoms with E-state index in [0.717, 1.165) is 28.1 Å². The van der Waals surface area contributed by atoms with Gasteiger partial charge in [-0.2, -0.15) is 0 Å². The topological polar surface area (TPSA) is 52.1 Å². The molecule has 0 spiro atoms. The number of ketones is 1. The summed E-state index contributed by atoms with van der Waals surface area (Å²) in [6.07, 6.45) is 1.61. The smallest absolute Gasteiger partial charge is 0.196 e. The fraction of sp³-hybridized carbons (Fsp3) is 0.267. The van der Waals surface area contributed by atoms with Crippen molar-refractivity contribution in [3.63, 3.8) is 0 Å². The Morgan fingerprint density at radius 2 is 1.95 bits per heavy atom. The molecule has 0 saturated heterocycles.